The van der Waals surface area contributed by atoms with E-state index in [1.807, 2.05) is 18.2 Å². The molecular formula is C25H30N4O. The Morgan fingerprint density at radius 1 is 1.10 bits per heavy atom. The fraction of sp³-hybridized carbons (Fsp3) is 0.440. The summed E-state index contributed by atoms with van der Waals surface area (Å²) in [5.74, 6) is 0. The van der Waals surface area contributed by atoms with Crippen molar-refractivity contribution in [1.29, 1.82) is 5.26 Å². The number of benzene rings is 2. The fourth-order valence-corrected chi connectivity index (χ4v) is 4.76. The molecule has 2 N–H and O–H groups in total. The summed E-state index contributed by atoms with van der Waals surface area (Å²) >= 11 is 0. The molecule has 0 spiro atoms. The molecule has 30 heavy (non-hydrogen) atoms. The van der Waals surface area contributed by atoms with E-state index in [9.17, 15) is 10.1 Å². The number of rotatable bonds is 4. The quantitative estimate of drug-likeness (QED) is 0.795. The van der Waals surface area contributed by atoms with E-state index < -0.39 is 0 Å². The summed E-state index contributed by atoms with van der Waals surface area (Å²) in [6.07, 6.45) is 6.56. The lowest BCUT2D eigenvalue weighted by Crippen LogP contribution is -2.52. The predicted molar refractivity (Wildman–Crippen MR) is 119 cm³/mol. The van der Waals surface area contributed by atoms with Gasteiger partial charge in [-0.3, -0.25) is 0 Å². The van der Waals surface area contributed by atoms with Gasteiger partial charge in [0.05, 0.1) is 17.7 Å². The first-order valence-electron chi connectivity index (χ1n) is 11.0. The van der Waals surface area contributed by atoms with Gasteiger partial charge in [0.25, 0.3) is 0 Å². The molecule has 5 nitrogen and oxygen atoms in total. The minimum atomic E-state index is -0.0673. The third kappa shape index (κ3) is 4.94. The van der Waals surface area contributed by atoms with E-state index in [1.54, 1.807) is 0 Å². The number of fused-ring (bicyclic) bond motifs is 1. The second-order valence-electron chi connectivity index (χ2n) is 8.68. The molecule has 1 atom stereocenters. The Hall–Kier alpha value is -3.00. The van der Waals surface area contributed by atoms with Gasteiger partial charge in [0.2, 0.25) is 0 Å². The number of nitrogens with one attached hydrogen (secondary N) is 2. The number of amides is 2. The molecule has 2 aromatic rings. The maximum Gasteiger partial charge on any atom is 0.315 e. The molecule has 0 bridgehead atoms. The molecular weight excluding hydrogens is 372 g/mol. The van der Waals surface area contributed by atoms with Gasteiger partial charge in [0.1, 0.15) is 0 Å². The summed E-state index contributed by atoms with van der Waals surface area (Å²) in [5.41, 5.74) is 5.43. The number of nitriles is 1. The van der Waals surface area contributed by atoms with Crippen LogP contribution in [0.25, 0.3) is 0 Å². The molecule has 1 heterocycles. The molecule has 1 saturated carbocycles. The third-order valence-electron chi connectivity index (χ3n) is 6.19. The van der Waals surface area contributed by atoms with Crippen LogP contribution >= 0.6 is 0 Å². The van der Waals surface area contributed by atoms with E-state index in [1.165, 1.54) is 30.4 Å². The van der Waals surface area contributed by atoms with Crippen molar-refractivity contribution < 1.29 is 4.79 Å². The summed E-state index contributed by atoms with van der Waals surface area (Å²) in [6, 6.07) is 16.9. The average Bonchev–Trinajstić information content (AvgIpc) is 2.74. The molecule has 4 rings (SSSR count). The van der Waals surface area contributed by atoms with Crippen LogP contribution in [0.5, 0.6) is 0 Å². The molecule has 2 aliphatic rings. The molecule has 1 aliphatic heterocycles. The lowest BCUT2D eigenvalue weighted by atomic mass is 9.95. The van der Waals surface area contributed by atoms with Crippen molar-refractivity contribution in [2.45, 2.75) is 64.1 Å². The highest BCUT2D eigenvalue weighted by atomic mass is 16.2. The molecule has 0 saturated heterocycles. The first-order valence-corrected chi connectivity index (χ1v) is 11.0. The summed E-state index contributed by atoms with van der Waals surface area (Å²) in [6.45, 7) is 3.64. The Labute approximate surface area is 179 Å². The second-order valence-corrected chi connectivity index (χ2v) is 8.68. The predicted octanol–water partition coefficient (Wildman–Crippen LogP) is 4.43. The number of hydrogen-bond acceptors (Lipinski definition) is 3. The molecule has 0 radical (unpaired) electrons. The summed E-state index contributed by atoms with van der Waals surface area (Å²) in [7, 11) is 0. The maximum atomic E-state index is 12.6. The molecule has 0 aromatic heterocycles. The average molecular weight is 403 g/mol. The number of urea groups is 1. The highest BCUT2D eigenvalue weighted by molar-refractivity contribution is 5.75. The molecule has 1 aliphatic carbocycles. The number of carbonyl (C=O) groups is 1. The van der Waals surface area contributed by atoms with Crippen molar-refractivity contribution >= 4 is 11.7 Å². The Bertz CT molecular complexity index is 942. The number of carbonyl (C=O) groups excluding carboxylic acids is 1. The van der Waals surface area contributed by atoms with E-state index >= 15 is 0 Å². The fourth-order valence-electron chi connectivity index (χ4n) is 4.76. The van der Waals surface area contributed by atoms with Crippen molar-refractivity contribution in [3.05, 3.63) is 64.7 Å². The summed E-state index contributed by atoms with van der Waals surface area (Å²) < 4.78 is 0. The van der Waals surface area contributed by atoms with Crippen LogP contribution < -0.4 is 15.5 Å². The molecule has 2 amide bonds. The van der Waals surface area contributed by atoms with Gasteiger partial charge < -0.3 is 15.5 Å². The lowest BCUT2D eigenvalue weighted by molar-refractivity contribution is 0.228. The van der Waals surface area contributed by atoms with Crippen LogP contribution in [0.2, 0.25) is 0 Å². The van der Waals surface area contributed by atoms with E-state index in [2.05, 4.69) is 52.8 Å². The largest absolute Gasteiger partial charge is 0.365 e. The van der Waals surface area contributed by atoms with E-state index in [4.69, 9.17) is 0 Å². The molecule has 0 unspecified atom stereocenters. The Morgan fingerprint density at radius 2 is 1.90 bits per heavy atom. The Kier molecular flexibility index (Phi) is 6.23. The van der Waals surface area contributed by atoms with Gasteiger partial charge in [-0.2, -0.15) is 5.26 Å². The normalized spacial score (nSPS) is 18.9. The van der Waals surface area contributed by atoms with Crippen LogP contribution in [0.4, 0.5) is 10.5 Å². The van der Waals surface area contributed by atoms with E-state index in [0.717, 1.165) is 43.6 Å². The standard InChI is InChI=1S/C25H30N4O/c1-18-6-5-7-20(12-18)16-29-17-23(14-21-13-19(15-26)10-11-24(21)29)28-25(30)27-22-8-3-2-4-9-22/h5-7,10-13,22-23H,2-4,8-9,14,16-17H2,1H3,(H2,27,28,30)/t23-/m0/s1. The highest BCUT2D eigenvalue weighted by Gasteiger charge is 2.27. The first-order chi connectivity index (χ1) is 14.6. The van der Waals surface area contributed by atoms with Crippen LogP contribution in [-0.4, -0.2) is 24.7 Å². The maximum absolute atomic E-state index is 12.6. The Balaban J connectivity index is 1.50. The van der Waals surface area contributed by atoms with Crippen molar-refractivity contribution in [3.8, 4) is 6.07 Å². The second kappa shape index (κ2) is 9.21. The van der Waals surface area contributed by atoms with Gasteiger partial charge >= 0.3 is 6.03 Å². The highest BCUT2D eigenvalue weighted by Crippen LogP contribution is 2.30. The van der Waals surface area contributed by atoms with E-state index in [-0.39, 0.29) is 12.1 Å². The third-order valence-corrected chi connectivity index (χ3v) is 6.19. The van der Waals surface area contributed by atoms with Gasteiger partial charge in [-0.15, -0.1) is 0 Å². The van der Waals surface area contributed by atoms with Crippen molar-refractivity contribution in [2.75, 3.05) is 11.4 Å². The smallest absolute Gasteiger partial charge is 0.315 e. The zero-order valence-corrected chi connectivity index (χ0v) is 17.7. The van der Waals surface area contributed by atoms with Crippen LogP contribution in [0, 0.1) is 18.3 Å². The molecule has 1 fully saturated rings. The van der Waals surface area contributed by atoms with Crippen molar-refractivity contribution in [2.24, 2.45) is 0 Å². The van der Waals surface area contributed by atoms with Crippen LogP contribution in [0.1, 0.15) is 54.4 Å². The number of nitrogens with zero attached hydrogens (tertiary/aromatic N) is 2. The number of aryl methyl sites for hydroxylation is 1. The summed E-state index contributed by atoms with van der Waals surface area (Å²) in [5, 5.41) is 15.7. The van der Waals surface area contributed by atoms with Crippen LogP contribution in [0.3, 0.4) is 0 Å². The van der Waals surface area contributed by atoms with Gasteiger partial charge in [-0.1, -0.05) is 49.1 Å². The minimum Gasteiger partial charge on any atom is -0.365 e. The molecule has 156 valence electrons. The van der Waals surface area contributed by atoms with Gasteiger partial charge in [0.15, 0.2) is 0 Å². The first kappa shape index (κ1) is 20.3. The SMILES string of the molecule is Cc1cccc(CN2C[C@@H](NC(=O)NC3CCCCC3)Cc3cc(C#N)ccc32)c1. The van der Waals surface area contributed by atoms with Gasteiger partial charge in [0, 0.05) is 24.8 Å². The zero-order chi connectivity index (χ0) is 20.9. The number of anilines is 1. The minimum absolute atomic E-state index is 0.0137. The van der Waals surface area contributed by atoms with Crippen LogP contribution in [-0.2, 0) is 13.0 Å². The van der Waals surface area contributed by atoms with Gasteiger partial charge in [-0.25, -0.2) is 4.79 Å². The number of hydrogen-bond donors (Lipinski definition) is 2. The van der Waals surface area contributed by atoms with Gasteiger partial charge in [-0.05, 0) is 55.5 Å². The Morgan fingerprint density at radius 3 is 2.67 bits per heavy atom. The molecule has 5 heteroatoms. The van der Waals surface area contributed by atoms with E-state index in [0.29, 0.717) is 11.6 Å². The molecule has 2 aromatic carbocycles. The lowest BCUT2D eigenvalue weighted by Gasteiger charge is -2.37. The summed E-state index contributed by atoms with van der Waals surface area (Å²) in [4.78, 5) is 15.0. The monoisotopic (exact) mass is 402 g/mol. The van der Waals surface area contributed by atoms with Crippen LogP contribution in [0.15, 0.2) is 42.5 Å². The van der Waals surface area contributed by atoms with Crippen molar-refractivity contribution in [1.82, 2.24) is 10.6 Å². The topological polar surface area (TPSA) is 68.2 Å². The van der Waals surface area contributed by atoms with Crippen molar-refractivity contribution in [3.63, 3.8) is 0 Å². The zero-order valence-electron chi connectivity index (χ0n) is 17.7.